The van der Waals surface area contributed by atoms with E-state index in [9.17, 15) is 18.0 Å². The molecule has 37 heavy (non-hydrogen) atoms. The number of aliphatic carboxylic acids is 1. The number of nitrogens with zero attached hydrogens (tertiary/aromatic N) is 2. The minimum absolute atomic E-state index is 0.0918. The van der Waals surface area contributed by atoms with Gasteiger partial charge in [0.05, 0.1) is 23.8 Å². The van der Waals surface area contributed by atoms with Gasteiger partial charge in [0.1, 0.15) is 12.4 Å². The Hall–Kier alpha value is -3.07. The van der Waals surface area contributed by atoms with Crippen molar-refractivity contribution in [2.75, 3.05) is 13.6 Å². The SMILES string of the molecule is C/C(=N\OCc1ccc(OC2CCCC2)c(C(F)(F)F)c1)c1ccc2c(c1)CCC2N(C)CCC(=O)O. The molecule has 1 unspecified atom stereocenters. The maximum absolute atomic E-state index is 13.7. The van der Waals surface area contributed by atoms with Crippen molar-refractivity contribution in [2.45, 2.75) is 76.8 Å². The maximum Gasteiger partial charge on any atom is 0.419 e. The Bertz CT molecular complexity index is 1140. The second-order valence-corrected chi connectivity index (χ2v) is 9.90. The molecule has 0 radical (unpaired) electrons. The number of carboxylic acid groups (broad SMARTS) is 1. The number of aryl methyl sites for hydroxylation is 1. The largest absolute Gasteiger partial charge is 0.490 e. The average Bonchev–Trinajstić information content (AvgIpc) is 3.52. The molecule has 0 amide bonds. The first kappa shape index (κ1) is 27.0. The summed E-state index contributed by atoms with van der Waals surface area (Å²) in [5.74, 6) is -0.942. The number of hydrogen-bond donors (Lipinski definition) is 1. The lowest BCUT2D eigenvalue weighted by molar-refractivity contribution is -0.139. The molecule has 0 saturated heterocycles. The minimum Gasteiger partial charge on any atom is -0.490 e. The molecule has 0 bridgehead atoms. The average molecular weight is 519 g/mol. The van der Waals surface area contributed by atoms with Crippen molar-refractivity contribution in [3.8, 4) is 5.75 Å². The van der Waals surface area contributed by atoms with Crippen molar-refractivity contribution < 1.29 is 32.6 Å². The topological polar surface area (TPSA) is 71.4 Å². The molecule has 0 heterocycles. The molecular formula is C28H33F3N2O4. The van der Waals surface area contributed by atoms with Gasteiger partial charge in [0, 0.05) is 12.6 Å². The van der Waals surface area contributed by atoms with Crippen LogP contribution in [0.4, 0.5) is 13.2 Å². The van der Waals surface area contributed by atoms with Gasteiger partial charge in [-0.15, -0.1) is 0 Å². The second kappa shape index (κ2) is 11.5. The van der Waals surface area contributed by atoms with E-state index in [0.29, 0.717) is 17.8 Å². The van der Waals surface area contributed by atoms with Crippen LogP contribution >= 0.6 is 0 Å². The first-order valence-corrected chi connectivity index (χ1v) is 12.7. The summed E-state index contributed by atoms with van der Waals surface area (Å²) in [6, 6.07) is 10.3. The number of halogens is 3. The summed E-state index contributed by atoms with van der Waals surface area (Å²) in [6.07, 6.45) is 0.731. The van der Waals surface area contributed by atoms with E-state index in [1.165, 1.54) is 17.2 Å². The van der Waals surface area contributed by atoms with Gasteiger partial charge in [0.25, 0.3) is 0 Å². The lowest BCUT2D eigenvalue weighted by Crippen LogP contribution is -2.25. The Labute approximate surface area is 215 Å². The van der Waals surface area contributed by atoms with Gasteiger partial charge in [0.2, 0.25) is 0 Å². The van der Waals surface area contributed by atoms with E-state index in [1.807, 2.05) is 19.2 Å². The second-order valence-electron chi connectivity index (χ2n) is 9.90. The van der Waals surface area contributed by atoms with E-state index in [4.69, 9.17) is 14.7 Å². The summed E-state index contributed by atoms with van der Waals surface area (Å²) >= 11 is 0. The van der Waals surface area contributed by atoms with Crippen molar-refractivity contribution in [2.24, 2.45) is 5.16 Å². The first-order chi connectivity index (χ1) is 17.6. The minimum atomic E-state index is -4.52. The van der Waals surface area contributed by atoms with Crippen molar-refractivity contribution >= 4 is 11.7 Å². The van der Waals surface area contributed by atoms with Gasteiger partial charge >= 0.3 is 12.1 Å². The third-order valence-corrected chi connectivity index (χ3v) is 7.20. The standard InChI is InChI=1S/C28H33F3N2O4/c1-18(20-8-10-23-21(16-20)9-11-25(23)33(2)14-13-27(34)35)32-36-17-19-7-12-26(24(15-19)28(29,30)31)37-22-5-3-4-6-22/h7-8,10,12,15-16,22,25H,3-6,9,11,13-14,17H2,1-2H3,(H,34,35)/b32-18+. The summed E-state index contributed by atoms with van der Waals surface area (Å²) in [5.41, 5.74) is 3.45. The fraction of sp³-hybridized carbons (Fsp3) is 0.500. The van der Waals surface area contributed by atoms with Crippen LogP contribution in [0, 0.1) is 0 Å². The summed E-state index contributed by atoms with van der Waals surface area (Å²) in [5, 5.41) is 13.1. The summed E-state index contributed by atoms with van der Waals surface area (Å²) in [7, 11) is 1.94. The quantitative estimate of drug-likeness (QED) is 0.293. The van der Waals surface area contributed by atoms with Crippen LogP contribution in [-0.2, 0) is 28.8 Å². The molecule has 1 fully saturated rings. The third kappa shape index (κ3) is 6.83. The van der Waals surface area contributed by atoms with Crippen molar-refractivity contribution in [1.29, 1.82) is 0 Å². The lowest BCUT2D eigenvalue weighted by Gasteiger charge is -2.24. The zero-order valence-corrected chi connectivity index (χ0v) is 21.2. The van der Waals surface area contributed by atoms with Crippen LogP contribution in [0.3, 0.4) is 0 Å². The molecule has 1 N–H and O–H groups in total. The highest BCUT2D eigenvalue weighted by atomic mass is 19.4. The normalized spacial score (nSPS) is 18.3. The lowest BCUT2D eigenvalue weighted by atomic mass is 10.0. The smallest absolute Gasteiger partial charge is 0.419 e. The van der Waals surface area contributed by atoms with E-state index in [-0.39, 0.29) is 30.9 Å². The van der Waals surface area contributed by atoms with Gasteiger partial charge in [-0.3, -0.25) is 9.69 Å². The molecule has 6 nitrogen and oxygen atoms in total. The number of carbonyl (C=O) groups is 1. The highest BCUT2D eigenvalue weighted by molar-refractivity contribution is 5.98. The van der Waals surface area contributed by atoms with Gasteiger partial charge in [-0.2, -0.15) is 13.2 Å². The van der Waals surface area contributed by atoms with Gasteiger partial charge in [-0.25, -0.2) is 0 Å². The van der Waals surface area contributed by atoms with Crippen LogP contribution in [0.1, 0.15) is 79.3 Å². The Kier molecular flexibility index (Phi) is 8.42. The Morgan fingerprint density at radius 3 is 2.59 bits per heavy atom. The van der Waals surface area contributed by atoms with Crippen LogP contribution in [0.15, 0.2) is 41.6 Å². The molecule has 0 spiro atoms. The monoisotopic (exact) mass is 518 g/mol. The molecule has 1 saturated carbocycles. The molecule has 4 rings (SSSR count). The predicted molar refractivity (Wildman–Crippen MR) is 134 cm³/mol. The van der Waals surface area contributed by atoms with Crippen molar-refractivity contribution in [3.63, 3.8) is 0 Å². The van der Waals surface area contributed by atoms with E-state index in [2.05, 4.69) is 16.1 Å². The fourth-order valence-corrected chi connectivity index (χ4v) is 5.14. The van der Waals surface area contributed by atoms with Gasteiger partial charge in [-0.05, 0) is 92.9 Å². The van der Waals surface area contributed by atoms with E-state index >= 15 is 0 Å². The molecule has 200 valence electrons. The molecule has 2 aromatic carbocycles. The molecule has 1 atom stereocenters. The zero-order valence-electron chi connectivity index (χ0n) is 21.2. The highest BCUT2D eigenvalue weighted by Gasteiger charge is 2.35. The van der Waals surface area contributed by atoms with Gasteiger partial charge in [-0.1, -0.05) is 23.4 Å². The molecule has 2 aliphatic rings. The van der Waals surface area contributed by atoms with Crippen LogP contribution in [0.5, 0.6) is 5.75 Å². The van der Waals surface area contributed by atoms with Gasteiger partial charge in [0.15, 0.2) is 0 Å². The maximum atomic E-state index is 13.7. The summed E-state index contributed by atoms with van der Waals surface area (Å²) < 4.78 is 46.6. The Morgan fingerprint density at radius 1 is 1.14 bits per heavy atom. The number of fused-ring (bicyclic) bond motifs is 1. The Balaban J connectivity index is 1.39. The number of ether oxygens (including phenoxy) is 1. The number of rotatable bonds is 10. The number of carboxylic acids is 1. The Morgan fingerprint density at radius 2 is 1.89 bits per heavy atom. The molecule has 0 aromatic heterocycles. The van der Waals surface area contributed by atoms with Crippen molar-refractivity contribution in [1.82, 2.24) is 4.90 Å². The summed E-state index contributed by atoms with van der Waals surface area (Å²) in [6.45, 7) is 2.19. The van der Waals surface area contributed by atoms with Crippen LogP contribution < -0.4 is 4.74 Å². The van der Waals surface area contributed by atoms with E-state index in [1.54, 1.807) is 13.0 Å². The molecule has 2 aromatic rings. The number of hydrogen-bond acceptors (Lipinski definition) is 5. The van der Waals surface area contributed by atoms with Crippen LogP contribution in [0.2, 0.25) is 0 Å². The third-order valence-electron chi connectivity index (χ3n) is 7.20. The predicted octanol–water partition coefficient (Wildman–Crippen LogP) is 6.36. The zero-order chi connectivity index (χ0) is 26.6. The fourth-order valence-electron chi connectivity index (χ4n) is 5.14. The molecule has 2 aliphatic carbocycles. The number of alkyl halides is 3. The van der Waals surface area contributed by atoms with E-state index in [0.717, 1.165) is 50.2 Å². The van der Waals surface area contributed by atoms with Crippen LogP contribution in [0.25, 0.3) is 0 Å². The van der Waals surface area contributed by atoms with Gasteiger partial charge < -0.3 is 14.7 Å². The molecule has 0 aliphatic heterocycles. The first-order valence-electron chi connectivity index (χ1n) is 12.7. The highest BCUT2D eigenvalue weighted by Crippen LogP contribution is 2.39. The number of benzene rings is 2. The number of oxime groups is 1. The van der Waals surface area contributed by atoms with Crippen molar-refractivity contribution in [3.05, 3.63) is 64.2 Å². The van der Waals surface area contributed by atoms with E-state index < -0.39 is 17.7 Å². The summed E-state index contributed by atoms with van der Waals surface area (Å²) in [4.78, 5) is 18.4. The molecular weight excluding hydrogens is 485 g/mol. The van der Waals surface area contributed by atoms with Crippen LogP contribution in [-0.4, -0.2) is 41.4 Å². The molecule has 9 heteroatoms.